The van der Waals surface area contributed by atoms with Gasteiger partial charge in [0.25, 0.3) is 10.2 Å². The summed E-state index contributed by atoms with van der Waals surface area (Å²) < 4.78 is 27.5. The van der Waals surface area contributed by atoms with Crippen molar-refractivity contribution in [3.05, 3.63) is 17.7 Å². The van der Waals surface area contributed by atoms with Crippen LogP contribution in [-0.4, -0.2) is 47.9 Å². The average molecular weight is 288 g/mol. The van der Waals surface area contributed by atoms with E-state index in [2.05, 4.69) is 14.7 Å². The molecule has 0 saturated heterocycles. The first-order chi connectivity index (χ1) is 8.77. The Morgan fingerprint density at radius 1 is 1.53 bits per heavy atom. The summed E-state index contributed by atoms with van der Waals surface area (Å²) in [5.41, 5.74) is -0.873. The number of carboxylic acids is 1. The van der Waals surface area contributed by atoms with Crippen molar-refractivity contribution in [2.24, 2.45) is 0 Å². The number of H-pyrrole nitrogens is 1. The third-order valence-electron chi connectivity index (χ3n) is 3.27. The number of nitrogens with zero attached hydrogens (tertiary/aromatic N) is 2. The van der Waals surface area contributed by atoms with Crippen LogP contribution in [0.5, 0.6) is 0 Å². The van der Waals surface area contributed by atoms with Gasteiger partial charge in [-0.25, -0.2) is 9.78 Å². The summed E-state index contributed by atoms with van der Waals surface area (Å²) in [7, 11) is -0.740. The van der Waals surface area contributed by atoms with Crippen LogP contribution in [0, 0.1) is 0 Å². The maximum atomic E-state index is 11.9. The Kier molecular flexibility index (Phi) is 3.37. The molecular weight excluding hydrogens is 272 g/mol. The minimum absolute atomic E-state index is 0.0506. The molecule has 0 aliphatic heterocycles. The van der Waals surface area contributed by atoms with Crippen LogP contribution in [0.1, 0.15) is 35.6 Å². The van der Waals surface area contributed by atoms with Crippen molar-refractivity contribution in [3.63, 3.8) is 0 Å². The van der Waals surface area contributed by atoms with Gasteiger partial charge in [-0.2, -0.15) is 17.4 Å². The van der Waals surface area contributed by atoms with Crippen LogP contribution >= 0.6 is 0 Å². The first-order valence-electron chi connectivity index (χ1n) is 5.77. The topological polar surface area (TPSA) is 115 Å². The molecule has 0 aromatic carbocycles. The van der Waals surface area contributed by atoms with Gasteiger partial charge in [0.1, 0.15) is 11.5 Å². The van der Waals surface area contributed by atoms with Crippen LogP contribution in [0.15, 0.2) is 6.20 Å². The molecule has 1 fully saturated rings. The number of aromatic nitrogens is 2. The van der Waals surface area contributed by atoms with Gasteiger partial charge in [-0.15, -0.1) is 0 Å². The lowest BCUT2D eigenvalue weighted by atomic mass is 9.77. The third-order valence-corrected chi connectivity index (χ3v) is 4.88. The van der Waals surface area contributed by atoms with Gasteiger partial charge in [-0.3, -0.25) is 0 Å². The lowest BCUT2D eigenvalue weighted by Gasteiger charge is -2.40. The van der Waals surface area contributed by atoms with Crippen molar-refractivity contribution in [2.75, 3.05) is 14.1 Å². The van der Waals surface area contributed by atoms with E-state index < -0.39 is 21.7 Å². The van der Waals surface area contributed by atoms with Crippen LogP contribution in [-0.2, 0) is 15.7 Å². The van der Waals surface area contributed by atoms with Gasteiger partial charge in [0.2, 0.25) is 0 Å². The number of rotatable bonds is 5. The number of carboxylic acid groups (broad SMARTS) is 1. The molecule has 1 aliphatic rings. The van der Waals surface area contributed by atoms with Crippen LogP contribution in [0.4, 0.5) is 0 Å². The van der Waals surface area contributed by atoms with Crippen LogP contribution in [0.25, 0.3) is 0 Å². The Morgan fingerprint density at radius 2 is 2.16 bits per heavy atom. The number of carbonyl (C=O) groups is 1. The molecule has 1 aromatic rings. The van der Waals surface area contributed by atoms with E-state index >= 15 is 0 Å². The van der Waals surface area contributed by atoms with Gasteiger partial charge in [-0.1, -0.05) is 0 Å². The van der Waals surface area contributed by atoms with E-state index in [0.717, 1.165) is 10.7 Å². The molecule has 0 atom stereocenters. The molecule has 9 heteroatoms. The fourth-order valence-corrected chi connectivity index (χ4v) is 2.91. The summed E-state index contributed by atoms with van der Waals surface area (Å²) in [6.07, 6.45) is 3.24. The fraction of sp³-hybridized carbons (Fsp3) is 0.600. The highest BCUT2D eigenvalue weighted by Gasteiger charge is 2.45. The molecule has 1 heterocycles. The molecule has 0 radical (unpaired) electrons. The van der Waals surface area contributed by atoms with E-state index in [4.69, 9.17) is 5.11 Å². The zero-order chi connectivity index (χ0) is 14.3. The summed E-state index contributed by atoms with van der Waals surface area (Å²) in [6, 6.07) is 0. The standard InChI is InChI=1S/C10H16N4O4S/c1-14(2)19(17,18)13-10(4-3-5-10)9-11-6-7(12-9)8(15)16/h6,13H,3-5H2,1-2H3,(H,11,12)(H,15,16). The molecule has 3 N–H and O–H groups in total. The van der Waals surface area contributed by atoms with Crippen molar-refractivity contribution in [1.82, 2.24) is 19.0 Å². The van der Waals surface area contributed by atoms with Gasteiger partial charge >= 0.3 is 5.97 Å². The van der Waals surface area contributed by atoms with Crippen molar-refractivity contribution in [1.29, 1.82) is 0 Å². The molecular formula is C10H16N4O4S. The summed E-state index contributed by atoms with van der Waals surface area (Å²) in [5, 5.41) is 8.86. The number of aromatic carboxylic acids is 1. The van der Waals surface area contributed by atoms with Gasteiger partial charge in [0, 0.05) is 14.1 Å². The molecule has 8 nitrogen and oxygen atoms in total. The summed E-state index contributed by atoms with van der Waals surface area (Å²) in [6.45, 7) is 0. The SMILES string of the molecule is CN(C)S(=O)(=O)NC1(c2ncc(C(=O)O)[nH]2)CCC1. The summed E-state index contributed by atoms with van der Waals surface area (Å²) >= 11 is 0. The number of hydrogen-bond donors (Lipinski definition) is 3. The molecule has 0 unspecified atom stereocenters. The van der Waals surface area contributed by atoms with E-state index in [1.165, 1.54) is 20.3 Å². The minimum Gasteiger partial charge on any atom is -0.477 e. The van der Waals surface area contributed by atoms with Crippen LogP contribution in [0.3, 0.4) is 0 Å². The molecule has 1 aromatic heterocycles. The Hall–Kier alpha value is -1.45. The first kappa shape index (κ1) is 14.0. The van der Waals surface area contributed by atoms with Crippen molar-refractivity contribution in [3.8, 4) is 0 Å². The molecule has 1 aliphatic carbocycles. The van der Waals surface area contributed by atoms with Gasteiger partial charge in [-0.05, 0) is 19.3 Å². The zero-order valence-electron chi connectivity index (χ0n) is 10.7. The van der Waals surface area contributed by atoms with Gasteiger partial charge in [0.15, 0.2) is 0 Å². The van der Waals surface area contributed by atoms with E-state index in [-0.39, 0.29) is 5.69 Å². The van der Waals surface area contributed by atoms with Crippen LogP contribution in [0.2, 0.25) is 0 Å². The monoisotopic (exact) mass is 288 g/mol. The second kappa shape index (κ2) is 4.58. The number of nitrogens with one attached hydrogen (secondary N) is 2. The Morgan fingerprint density at radius 3 is 2.53 bits per heavy atom. The number of hydrogen-bond acceptors (Lipinski definition) is 4. The minimum atomic E-state index is -3.60. The van der Waals surface area contributed by atoms with Crippen molar-refractivity contribution < 1.29 is 18.3 Å². The lowest BCUT2D eigenvalue weighted by molar-refractivity contribution is 0.0690. The smallest absolute Gasteiger partial charge is 0.353 e. The van der Waals surface area contributed by atoms with E-state index in [0.29, 0.717) is 18.7 Å². The predicted molar refractivity (Wildman–Crippen MR) is 66.8 cm³/mol. The summed E-state index contributed by atoms with van der Waals surface area (Å²) in [5.74, 6) is -0.773. The highest BCUT2D eigenvalue weighted by atomic mass is 32.2. The third kappa shape index (κ3) is 2.48. The van der Waals surface area contributed by atoms with E-state index in [1.807, 2.05) is 0 Å². The Labute approximate surface area is 111 Å². The number of imidazole rings is 1. The molecule has 2 rings (SSSR count). The Bertz CT molecular complexity index is 588. The summed E-state index contributed by atoms with van der Waals surface area (Å²) in [4.78, 5) is 17.5. The average Bonchev–Trinajstić information content (AvgIpc) is 2.72. The maximum absolute atomic E-state index is 11.9. The fourth-order valence-electron chi connectivity index (χ4n) is 1.93. The normalized spacial score (nSPS) is 18.3. The maximum Gasteiger partial charge on any atom is 0.353 e. The van der Waals surface area contributed by atoms with E-state index in [9.17, 15) is 13.2 Å². The molecule has 0 amide bonds. The van der Waals surface area contributed by atoms with Crippen molar-refractivity contribution >= 4 is 16.2 Å². The van der Waals surface area contributed by atoms with Gasteiger partial charge < -0.3 is 10.1 Å². The van der Waals surface area contributed by atoms with Gasteiger partial charge in [0.05, 0.1) is 11.7 Å². The van der Waals surface area contributed by atoms with E-state index in [1.54, 1.807) is 0 Å². The second-order valence-corrected chi connectivity index (χ2v) is 6.66. The quantitative estimate of drug-likeness (QED) is 0.699. The lowest BCUT2D eigenvalue weighted by Crippen LogP contribution is -2.54. The molecule has 0 spiro atoms. The zero-order valence-corrected chi connectivity index (χ0v) is 11.5. The van der Waals surface area contributed by atoms with Crippen molar-refractivity contribution in [2.45, 2.75) is 24.8 Å². The number of aromatic amines is 1. The first-order valence-corrected chi connectivity index (χ1v) is 7.21. The predicted octanol–water partition coefficient (Wildman–Crippen LogP) is -0.117. The largest absolute Gasteiger partial charge is 0.477 e. The highest BCUT2D eigenvalue weighted by molar-refractivity contribution is 7.87. The molecule has 19 heavy (non-hydrogen) atoms. The Balaban J connectivity index is 2.30. The highest BCUT2D eigenvalue weighted by Crippen LogP contribution is 2.40. The van der Waals surface area contributed by atoms with Crippen LogP contribution < -0.4 is 4.72 Å². The second-order valence-electron chi connectivity index (χ2n) is 4.78. The molecule has 106 valence electrons. The molecule has 0 bridgehead atoms. The molecule has 1 saturated carbocycles.